The van der Waals surface area contributed by atoms with Crippen LogP contribution >= 0.6 is 11.6 Å². The van der Waals surface area contributed by atoms with Gasteiger partial charge in [-0.15, -0.1) is 0 Å². The fraction of sp³-hybridized carbons (Fsp3) is 0.368. The van der Waals surface area contributed by atoms with Crippen LogP contribution in [-0.4, -0.2) is 44.7 Å². The van der Waals surface area contributed by atoms with E-state index in [4.69, 9.17) is 11.6 Å². The van der Waals surface area contributed by atoms with E-state index < -0.39 is 5.60 Å². The minimum Gasteiger partial charge on any atom is -0.380 e. The Labute approximate surface area is 144 Å². The summed E-state index contributed by atoms with van der Waals surface area (Å²) in [6.07, 6.45) is 0.610. The van der Waals surface area contributed by atoms with E-state index in [2.05, 4.69) is 4.90 Å². The summed E-state index contributed by atoms with van der Waals surface area (Å²) in [4.78, 5) is 4.12. The summed E-state index contributed by atoms with van der Waals surface area (Å²) < 4.78 is 0. The Kier molecular flexibility index (Phi) is 5.69. The number of aliphatic hydroxyl groups is 1. The van der Waals surface area contributed by atoms with E-state index >= 15 is 0 Å². The van der Waals surface area contributed by atoms with Crippen molar-refractivity contribution >= 4 is 17.3 Å². The molecule has 1 unspecified atom stereocenters. The van der Waals surface area contributed by atoms with Gasteiger partial charge in [0.2, 0.25) is 0 Å². The van der Waals surface area contributed by atoms with E-state index in [0.29, 0.717) is 11.4 Å². The molecule has 1 N–H and O–H groups in total. The number of hydrogen-bond donors (Lipinski definition) is 1. The fourth-order valence-electron chi connectivity index (χ4n) is 2.61. The van der Waals surface area contributed by atoms with Gasteiger partial charge in [-0.2, -0.15) is 0 Å². The van der Waals surface area contributed by atoms with Gasteiger partial charge in [-0.05, 0) is 55.9 Å². The van der Waals surface area contributed by atoms with Gasteiger partial charge in [0.25, 0.3) is 0 Å². The molecule has 0 saturated heterocycles. The molecular formula is C19H25ClN2O. The highest BCUT2D eigenvalue weighted by Gasteiger charge is 2.31. The molecule has 0 aromatic heterocycles. The Morgan fingerprint density at radius 3 is 2.17 bits per heavy atom. The second-order valence-corrected chi connectivity index (χ2v) is 6.80. The van der Waals surface area contributed by atoms with Crippen LogP contribution in [0.3, 0.4) is 0 Å². The van der Waals surface area contributed by atoms with Gasteiger partial charge < -0.3 is 14.9 Å². The van der Waals surface area contributed by atoms with Crippen molar-refractivity contribution in [2.45, 2.75) is 12.0 Å². The average molecular weight is 333 g/mol. The minimum absolute atomic E-state index is 0.610. The molecular weight excluding hydrogens is 308 g/mol. The van der Waals surface area contributed by atoms with Crippen LogP contribution in [0.5, 0.6) is 0 Å². The predicted octanol–water partition coefficient (Wildman–Crippen LogP) is 3.59. The molecule has 0 saturated carbocycles. The Morgan fingerprint density at radius 2 is 1.61 bits per heavy atom. The third-order valence-electron chi connectivity index (χ3n) is 4.08. The van der Waals surface area contributed by atoms with Gasteiger partial charge in [0.1, 0.15) is 5.60 Å². The van der Waals surface area contributed by atoms with Gasteiger partial charge in [-0.25, -0.2) is 0 Å². The Morgan fingerprint density at radius 1 is 0.957 bits per heavy atom. The zero-order valence-corrected chi connectivity index (χ0v) is 15.0. The molecule has 2 aromatic carbocycles. The van der Waals surface area contributed by atoms with Crippen molar-refractivity contribution in [3.8, 4) is 0 Å². The lowest BCUT2D eigenvalue weighted by Crippen LogP contribution is -2.32. The van der Waals surface area contributed by atoms with Gasteiger partial charge in [0.05, 0.1) is 0 Å². The number of nitrogens with zero attached hydrogens (tertiary/aromatic N) is 2. The lowest BCUT2D eigenvalue weighted by molar-refractivity contribution is 0.0629. The van der Waals surface area contributed by atoms with Crippen LogP contribution in [0, 0.1) is 0 Å². The first kappa shape index (κ1) is 17.8. The number of rotatable bonds is 6. The Balaban J connectivity index is 2.48. The minimum atomic E-state index is -1.04. The highest BCUT2D eigenvalue weighted by Crippen LogP contribution is 2.35. The molecule has 3 nitrogen and oxygen atoms in total. The molecule has 0 aliphatic carbocycles. The first-order chi connectivity index (χ1) is 10.8. The summed E-state index contributed by atoms with van der Waals surface area (Å²) in [5.74, 6) is 0. The van der Waals surface area contributed by atoms with E-state index in [9.17, 15) is 5.11 Å². The molecule has 0 radical (unpaired) electrons. The van der Waals surface area contributed by atoms with Crippen molar-refractivity contribution < 1.29 is 5.11 Å². The van der Waals surface area contributed by atoms with Crippen molar-refractivity contribution in [1.29, 1.82) is 0 Å². The molecule has 0 aliphatic heterocycles. The van der Waals surface area contributed by atoms with Crippen LogP contribution in [-0.2, 0) is 5.60 Å². The van der Waals surface area contributed by atoms with Crippen LogP contribution < -0.4 is 4.90 Å². The summed E-state index contributed by atoms with van der Waals surface area (Å²) >= 11 is 6.01. The maximum absolute atomic E-state index is 11.5. The molecule has 4 heteroatoms. The second-order valence-electron chi connectivity index (χ2n) is 6.37. The molecule has 2 rings (SSSR count). The largest absolute Gasteiger partial charge is 0.380 e. The smallest absolute Gasteiger partial charge is 0.116 e. The molecule has 23 heavy (non-hydrogen) atoms. The Bertz CT molecular complexity index is 640. The molecule has 0 aliphatic rings. The summed E-state index contributed by atoms with van der Waals surface area (Å²) in [7, 11) is 8.03. The van der Waals surface area contributed by atoms with Crippen molar-refractivity contribution in [3.63, 3.8) is 0 Å². The van der Waals surface area contributed by atoms with Crippen molar-refractivity contribution in [2.24, 2.45) is 0 Å². The monoisotopic (exact) mass is 332 g/mol. The summed E-state index contributed by atoms with van der Waals surface area (Å²) in [6.45, 7) is 0.783. The number of halogens is 1. The molecule has 0 heterocycles. The standard InChI is InChI=1S/C19H25ClN2O/c1-21(2)13-12-19(23,15-8-10-17(20)11-9-15)16-6-5-7-18(14-16)22(3)4/h5-11,14,23H,12-13H2,1-4H3. The molecule has 124 valence electrons. The lowest BCUT2D eigenvalue weighted by Gasteiger charge is -2.31. The average Bonchev–Trinajstić information content (AvgIpc) is 2.53. The molecule has 0 spiro atoms. The number of anilines is 1. The van der Waals surface area contributed by atoms with Crippen molar-refractivity contribution in [3.05, 3.63) is 64.7 Å². The van der Waals surface area contributed by atoms with Gasteiger partial charge in [0.15, 0.2) is 0 Å². The number of benzene rings is 2. The van der Waals surface area contributed by atoms with E-state index in [1.807, 2.05) is 81.6 Å². The third-order valence-corrected chi connectivity index (χ3v) is 4.33. The molecule has 2 aromatic rings. The van der Waals surface area contributed by atoms with Crippen LogP contribution in [0.1, 0.15) is 17.5 Å². The van der Waals surface area contributed by atoms with Gasteiger partial charge in [-0.1, -0.05) is 35.9 Å². The van der Waals surface area contributed by atoms with Gasteiger partial charge in [-0.3, -0.25) is 0 Å². The second kappa shape index (κ2) is 7.35. The van der Waals surface area contributed by atoms with E-state index in [1.165, 1.54) is 0 Å². The summed E-state index contributed by atoms with van der Waals surface area (Å²) in [5, 5.41) is 12.2. The summed E-state index contributed by atoms with van der Waals surface area (Å²) in [6, 6.07) is 15.5. The summed E-state index contributed by atoms with van der Waals surface area (Å²) in [5.41, 5.74) is 1.79. The zero-order valence-electron chi connectivity index (χ0n) is 14.3. The van der Waals surface area contributed by atoms with Crippen molar-refractivity contribution in [1.82, 2.24) is 4.90 Å². The van der Waals surface area contributed by atoms with Crippen LogP contribution in [0.2, 0.25) is 5.02 Å². The van der Waals surface area contributed by atoms with Crippen LogP contribution in [0.25, 0.3) is 0 Å². The molecule has 1 atom stereocenters. The van der Waals surface area contributed by atoms with E-state index in [-0.39, 0.29) is 0 Å². The predicted molar refractivity (Wildman–Crippen MR) is 98.4 cm³/mol. The maximum Gasteiger partial charge on any atom is 0.116 e. The molecule has 0 amide bonds. The topological polar surface area (TPSA) is 26.7 Å². The fourth-order valence-corrected chi connectivity index (χ4v) is 2.73. The van der Waals surface area contributed by atoms with Crippen molar-refractivity contribution in [2.75, 3.05) is 39.6 Å². The zero-order chi connectivity index (χ0) is 17.0. The van der Waals surface area contributed by atoms with E-state index in [0.717, 1.165) is 23.4 Å². The van der Waals surface area contributed by atoms with Gasteiger partial charge in [0, 0.05) is 31.4 Å². The first-order valence-corrected chi connectivity index (χ1v) is 8.12. The molecule has 0 bridgehead atoms. The van der Waals surface area contributed by atoms with Crippen LogP contribution in [0.4, 0.5) is 5.69 Å². The lowest BCUT2D eigenvalue weighted by atomic mass is 9.83. The quantitative estimate of drug-likeness (QED) is 0.875. The normalized spacial score (nSPS) is 13.9. The number of hydrogen-bond acceptors (Lipinski definition) is 3. The SMILES string of the molecule is CN(C)CCC(O)(c1ccc(Cl)cc1)c1cccc(N(C)C)c1. The highest BCUT2D eigenvalue weighted by molar-refractivity contribution is 6.30. The highest BCUT2D eigenvalue weighted by atomic mass is 35.5. The Hall–Kier alpha value is -1.55. The first-order valence-electron chi connectivity index (χ1n) is 7.74. The van der Waals surface area contributed by atoms with E-state index in [1.54, 1.807) is 0 Å². The van der Waals surface area contributed by atoms with Crippen LogP contribution in [0.15, 0.2) is 48.5 Å². The van der Waals surface area contributed by atoms with Gasteiger partial charge >= 0.3 is 0 Å². The molecule has 0 fully saturated rings. The maximum atomic E-state index is 11.5. The third kappa shape index (κ3) is 4.25.